The van der Waals surface area contributed by atoms with E-state index in [-0.39, 0.29) is 11.5 Å². The predicted octanol–water partition coefficient (Wildman–Crippen LogP) is 5.49. The van der Waals surface area contributed by atoms with E-state index < -0.39 is 0 Å². The zero-order valence-corrected chi connectivity index (χ0v) is 12.5. The largest absolute Gasteiger partial charge is 0.508 e. The van der Waals surface area contributed by atoms with Crippen LogP contribution in [0.15, 0.2) is 18.2 Å². The molecular formula is C18H28O2. The molecule has 0 saturated heterocycles. The van der Waals surface area contributed by atoms with Crippen molar-refractivity contribution in [3.8, 4) is 11.5 Å². The van der Waals surface area contributed by atoms with Crippen LogP contribution in [0, 0.1) is 0 Å². The normalized spacial score (nSPS) is 20.0. The van der Waals surface area contributed by atoms with E-state index in [1.54, 1.807) is 6.07 Å². The maximum atomic E-state index is 10.1. The van der Waals surface area contributed by atoms with Crippen molar-refractivity contribution < 1.29 is 10.2 Å². The Labute approximate surface area is 122 Å². The van der Waals surface area contributed by atoms with Crippen molar-refractivity contribution >= 4 is 0 Å². The molecule has 2 rings (SSSR count). The van der Waals surface area contributed by atoms with Gasteiger partial charge in [-0.1, -0.05) is 63.9 Å². The van der Waals surface area contributed by atoms with Crippen molar-refractivity contribution in [1.29, 1.82) is 0 Å². The fourth-order valence-electron chi connectivity index (χ4n) is 3.35. The summed E-state index contributed by atoms with van der Waals surface area (Å²) in [5, 5.41) is 19.5. The van der Waals surface area contributed by atoms with Crippen molar-refractivity contribution in [2.75, 3.05) is 0 Å². The van der Waals surface area contributed by atoms with E-state index in [1.165, 1.54) is 76.7 Å². The molecule has 1 fully saturated rings. The van der Waals surface area contributed by atoms with E-state index in [0.717, 1.165) is 5.56 Å². The number of benzene rings is 1. The second kappa shape index (κ2) is 8.18. The number of hydrogen-bond acceptors (Lipinski definition) is 2. The Kier molecular flexibility index (Phi) is 6.23. The zero-order valence-electron chi connectivity index (χ0n) is 12.5. The van der Waals surface area contributed by atoms with Crippen LogP contribution >= 0.6 is 0 Å². The Morgan fingerprint density at radius 3 is 1.70 bits per heavy atom. The molecule has 1 aromatic rings. The van der Waals surface area contributed by atoms with E-state index in [0.29, 0.717) is 5.92 Å². The first-order chi connectivity index (χ1) is 9.77. The van der Waals surface area contributed by atoms with E-state index in [2.05, 4.69) is 0 Å². The predicted molar refractivity (Wildman–Crippen MR) is 83.3 cm³/mol. The van der Waals surface area contributed by atoms with E-state index in [9.17, 15) is 10.2 Å². The second-order valence-corrected chi connectivity index (χ2v) is 6.20. The number of aromatic hydroxyl groups is 2. The van der Waals surface area contributed by atoms with Gasteiger partial charge in [0.2, 0.25) is 0 Å². The lowest BCUT2D eigenvalue weighted by molar-refractivity contribution is 0.423. The lowest BCUT2D eigenvalue weighted by Crippen LogP contribution is -2.01. The third kappa shape index (κ3) is 4.73. The molecule has 1 aliphatic rings. The SMILES string of the molecule is Oc1ccc(C2CCCCCCCCCCC2)c(O)c1. The number of phenols is 2. The molecule has 20 heavy (non-hydrogen) atoms. The van der Waals surface area contributed by atoms with Gasteiger partial charge in [0.1, 0.15) is 11.5 Å². The van der Waals surface area contributed by atoms with Crippen molar-refractivity contribution in [2.24, 2.45) is 0 Å². The Balaban J connectivity index is 2.01. The Bertz CT molecular complexity index is 388. The molecule has 2 N–H and O–H groups in total. The van der Waals surface area contributed by atoms with Gasteiger partial charge in [-0.05, 0) is 30.4 Å². The molecule has 0 spiro atoms. The third-order valence-corrected chi connectivity index (χ3v) is 4.56. The summed E-state index contributed by atoms with van der Waals surface area (Å²) in [5.41, 5.74) is 1.03. The number of rotatable bonds is 1. The Morgan fingerprint density at radius 1 is 0.700 bits per heavy atom. The molecule has 112 valence electrons. The standard InChI is InChI=1S/C18H28O2/c19-16-12-13-17(18(20)14-16)15-10-8-6-4-2-1-3-5-7-9-11-15/h12-15,19-20H,1-11H2. The summed E-state index contributed by atoms with van der Waals surface area (Å²) >= 11 is 0. The minimum Gasteiger partial charge on any atom is -0.508 e. The average Bonchev–Trinajstić information content (AvgIpc) is 2.40. The van der Waals surface area contributed by atoms with Gasteiger partial charge in [-0.15, -0.1) is 0 Å². The molecule has 2 heteroatoms. The van der Waals surface area contributed by atoms with Crippen LogP contribution in [-0.4, -0.2) is 10.2 Å². The highest BCUT2D eigenvalue weighted by molar-refractivity contribution is 5.41. The van der Waals surface area contributed by atoms with Crippen LogP contribution in [0.3, 0.4) is 0 Å². The van der Waals surface area contributed by atoms with E-state index in [4.69, 9.17) is 0 Å². The molecule has 0 amide bonds. The molecule has 0 heterocycles. The molecule has 0 aliphatic heterocycles. The number of phenolic OH excluding ortho intramolecular Hbond substituents is 2. The maximum absolute atomic E-state index is 10.1. The van der Waals surface area contributed by atoms with Crippen molar-refractivity contribution in [2.45, 2.75) is 76.5 Å². The molecule has 2 nitrogen and oxygen atoms in total. The number of hydrogen-bond donors (Lipinski definition) is 2. The molecule has 0 aromatic heterocycles. The van der Waals surface area contributed by atoms with Crippen molar-refractivity contribution in [3.05, 3.63) is 23.8 Å². The molecule has 1 saturated carbocycles. The van der Waals surface area contributed by atoms with Crippen LogP contribution in [-0.2, 0) is 0 Å². The summed E-state index contributed by atoms with van der Waals surface area (Å²) in [6.45, 7) is 0. The smallest absolute Gasteiger partial charge is 0.122 e. The molecule has 0 radical (unpaired) electrons. The first-order valence-electron chi connectivity index (χ1n) is 8.29. The molecular weight excluding hydrogens is 248 g/mol. The first kappa shape index (κ1) is 15.2. The quantitative estimate of drug-likeness (QED) is 0.712. The summed E-state index contributed by atoms with van der Waals surface area (Å²) in [7, 11) is 0. The fraction of sp³-hybridized carbons (Fsp3) is 0.667. The first-order valence-corrected chi connectivity index (χ1v) is 8.29. The third-order valence-electron chi connectivity index (χ3n) is 4.56. The van der Waals surface area contributed by atoms with Crippen LogP contribution in [0.5, 0.6) is 11.5 Å². The summed E-state index contributed by atoms with van der Waals surface area (Å²) in [4.78, 5) is 0. The average molecular weight is 276 g/mol. The molecule has 0 unspecified atom stereocenters. The highest BCUT2D eigenvalue weighted by Gasteiger charge is 2.15. The molecule has 1 aromatic carbocycles. The zero-order chi connectivity index (χ0) is 14.2. The van der Waals surface area contributed by atoms with Gasteiger partial charge in [0.25, 0.3) is 0 Å². The van der Waals surface area contributed by atoms with Crippen molar-refractivity contribution in [1.82, 2.24) is 0 Å². The van der Waals surface area contributed by atoms with Gasteiger partial charge in [-0.25, -0.2) is 0 Å². The second-order valence-electron chi connectivity index (χ2n) is 6.20. The summed E-state index contributed by atoms with van der Waals surface area (Å²) < 4.78 is 0. The summed E-state index contributed by atoms with van der Waals surface area (Å²) in [5.74, 6) is 0.872. The van der Waals surface area contributed by atoms with Gasteiger partial charge < -0.3 is 10.2 Å². The van der Waals surface area contributed by atoms with E-state index in [1.807, 2.05) is 6.07 Å². The minimum atomic E-state index is 0.152. The highest BCUT2D eigenvalue weighted by atomic mass is 16.3. The molecule has 0 atom stereocenters. The van der Waals surface area contributed by atoms with Gasteiger partial charge in [0.15, 0.2) is 0 Å². The van der Waals surface area contributed by atoms with Gasteiger partial charge in [0.05, 0.1) is 0 Å². The van der Waals surface area contributed by atoms with Gasteiger partial charge in [-0.3, -0.25) is 0 Å². The highest BCUT2D eigenvalue weighted by Crippen LogP contribution is 2.36. The van der Waals surface area contributed by atoms with Crippen LogP contribution in [0.1, 0.15) is 82.1 Å². The van der Waals surface area contributed by atoms with Gasteiger partial charge in [0, 0.05) is 6.07 Å². The molecule has 1 aliphatic carbocycles. The van der Waals surface area contributed by atoms with E-state index >= 15 is 0 Å². The fourth-order valence-corrected chi connectivity index (χ4v) is 3.35. The van der Waals surface area contributed by atoms with Crippen LogP contribution in [0.2, 0.25) is 0 Å². The van der Waals surface area contributed by atoms with Crippen LogP contribution in [0.25, 0.3) is 0 Å². The van der Waals surface area contributed by atoms with Crippen molar-refractivity contribution in [3.63, 3.8) is 0 Å². The van der Waals surface area contributed by atoms with Crippen LogP contribution in [0.4, 0.5) is 0 Å². The molecule has 0 bridgehead atoms. The lowest BCUT2D eigenvalue weighted by atomic mass is 9.87. The Hall–Kier alpha value is -1.18. The maximum Gasteiger partial charge on any atom is 0.122 e. The Morgan fingerprint density at radius 2 is 1.20 bits per heavy atom. The monoisotopic (exact) mass is 276 g/mol. The van der Waals surface area contributed by atoms with Gasteiger partial charge >= 0.3 is 0 Å². The summed E-state index contributed by atoms with van der Waals surface area (Å²) in [6, 6.07) is 5.08. The minimum absolute atomic E-state index is 0.152. The van der Waals surface area contributed by atoms with Gasteiger partial charge in [-0.2, -0.15) is 0 Å². The van der Waals surface area contributed by atoms with Crippen LogP contribution < -0.4 is 0 Å². The summed E-state index contributed by atoms with van der Waals surface area (Å²) in [6.07, 6.45) is 14.4. The topological polar surface area (TPSA) is 40.5 Å². The lowest BCUT2D eigenvalue weighted by Gasteiger charge is -2.19.